The highest BCUT2D eigenvalue weighted by Gasteiger charge is 2.30. The molecule has 2 aliphatic rings. The summed E-state index contributed by atoms with van der Waals surface area (Å²) < 4.78 is 0. The summed E-state index contributed by atoms with van der Waals surface area (Å²) in [7, 11) is 0. The van der Waals surface area contributed by atoms with Gasteiger partial charge in [-0.25, -0.2) is 0 Å². The Morgan fingerprint density at radius 3 is 1.03 bits per heavy atom. The first-order chi connectivity index (χ1) is 25.9. The fourth-order valence-corrected chi connectivity index (χ4v) is 4.66. The number of carboxylic acid groups (broad SMARTS) is 2. The van der Waals surface area contributed by atoms with Gasteiger partial charge in [0.1, 0.15) is 11.6 Å². The highest BCUT2D eigenvalue weighted by Crippen LogP contribution is 2.32. The smallest absolute Gasteiger partial charge is 0.307 e. The van der Waals surface area contributed by atoms with Crippen molar-refractivity contribution >= 4 is 29.3 Å². The van der Waals surface area contributed by atoms with Gasteiger partial charge in [-0.05, 0) is 81.0 Å². The third-order valence-corrected chi connectivity index (χ3v) is 8.28. The van der Waals surface area contributed by atoms with Crippen LogP contribution in [0.25, 0.3) is 0 Å². The molecule has 7 nitrogen and oxygen atoms in total. The molecule has 0 aliphatic heterocycles. The Morgan fingerprint density at radius 1 is 0.483 bits per heavy atom. The van der Waals surface area contributed by atoms with Gasteiger partial charge >= 0.3 is 11.9 Å². The summed E-state index contributed by atoms with van der Waals surface area (Å²) in [6.45, 7) is 9.71. The molecule has 2 saturated carbocycles. The molecule has 2 aliphatic carbocycles. The van der Waals surface area contributed by atoms with Crippen molar-refractivity contribution in [1.29, 1.82) is 0 Å². The molecule has 6 rings (SSSR count). The quantitative estimate of drug-likeness (QED) is 0.136. The van der Waals surface area contributed by atoms with Gasteiger partial charge in [0.05, 0.1) is 12.8 Å². The molecule has 0 heterocycles. The second kappa shape index (κ2) is 40.6. The number of aryl methyl sites for hydroxylation is 2. The summed E-state index contributed by atoms with van der Waals surface area (Å²) in [6, 6.07) is 36.9. The number of carbonyl (C=O) groups excluding carboxylic acids is 3. The molecule has 4 aromatic rings. The van der Waals surface area contributed by atoms with E-state index in [4.69, 9.17) is 10.2 Å². The zero-order valence-electron chi connectivity index (χ0n) is 32.8. The Balaban J connectivity index is -0.000000147. The lowest BCUT2D eigenvalue weighted by Gasteiger charge is -2.00. The lowest BCUT2D eigenvalue weighted by Crippen LogP contribution is -2.03. The van der Waals surface area contributed by atoms with Crippen LogP contribution >= 0.6 is 0 Å². The van der Waals surface area contributed by atoms with Gasteiger partial charge < -0.3 is 15.0 Å². The predicted octanol–water partition coefficient (Wildman–Crippen LogP) is 14.3. The molecule has 0 amide bonds. The molecule has 60 heavy (non-hydrogen) atoms. The van der Waals surface area contributed by atoms with E-state index in [1.807, 2.05) is 30.3 Å². The number of hydrogen-bond donors (Lipinski definition) is 2. The molecule has 0 unspecified atom stereocenters. The highest BCUT2D eigenvalue weighted by atomic mass is 16.4. The summed E-state index contributed by atoms with van der Waals surface area (Å²) >= 11 is 0. The van der Waals surface area contributed by atoms with Crippen molar-refractivity contribution < 1.29 is 34.2 Å². The van der Waals surface area contributed by atoms with E-state index in [1.165, 1.54) is 11.1 Å². The molecule has 0 saturated heterocycles. The maximum absolute atomic E-state index is 11.6. The van der Waals surface area contributed by atoms with E-state index >= 15 is 0 Å². The van der Waals surface area contributed by atoms with E-state index in [0.717, 1.165) is 68.9 Å². The van der Waals surface area contributed by atoms with Gasteiger partial charge in [-0.1, -0.05) is 187 Å². The van der Waals surface area contributed by atoms with Crippen molar-refractivity contribution in [2.24, 2.45) is 11.8 Å². The van der Waals surface area contributed by atoms with Crippen LogP contribution < -0.4 is 0 Å². The Kier molecular flexibility index (Phi) is 45.1. The van der Waals surface area contributed by atoms with E-state index in [2.05, 4.69) is 69.3 Å². The van der Waals surface area contributed by atoms with Gasteiger partial charge in [0.15, 0.2) is 5.78 Å². The maximum Gasteiger partial charge on any atom is 0.307 e. The molecule has 0 bridgehead atoms. The van der Waals surface area contributed by atoms with Crippen molar-refractivity contribution in [2.45, 2.75) is 150 Å². The summed E-state index contributed by atoms with van der Waals surface area (Å²) in [5.74, 6) is -0.0866. The highest BCUT2D eigenvalue weighted by molar-refractivity contribution is 5.99. The van der Waals surface area contributed by atoms with Crippen molar-refractivity contribution in [3.05, 3.63) is 143 Å². The van der Waals surface area contributed by atoms with E-state index in [-0.39, 0.29) is 69.1 Å². The summed E-state index contributed by atoms with van der Waals surface area (Å²) in [5.41, 5.74) is 5.09. The van der Waals surface area contributed by atoms with Crippen LogP contribution in [0.4, 0.5) is 0 Å². The van der Waals surface area contributed by atoms with Gasteiger partial charge in [0.2, 0.25) is 0 Å². The first kappa shape index (κ1) is 66.6. The average molecular weight is 833 g/mol. The number of carboxylic acids is 2. The van der Waals surface area contributed by atoms with E-state index in [0.29, 0.717) is 23.0 Å². The lowest BCUT2D eigenvalue weighted by molar-refractivity contribution is -0.137. The number of benzene rings is 4. The molecular weight excluding hydrogens is 749 g/mol. The Bertz CT molecular complexity index is 1590. The molecule has 4 aromatic carbocycles. The standard InChI is InChI=1S/C12H12O3.C8H8O2.2C8H10.C6H12O.C5H8O.6CH4/c13-11(14)7-8-1-3-9(4-2-8)12(15)10-5-6-10;9-8(10)6-7-4-2-1-3-5-7;2*1-2-8-6-4-3-5-7-8;1-3-4-5-6(2)7;1-4(6)5-2-3-5;;;;;;/h1-4,10H,5-7H2,(H,13,14);1-5H,6H2,(H,9,10);2*3-7H,2H2,1H3;3-5H2,1-2H3;5H,2-3H2,1H3;6*1H4. The van der Waals surface area contributed by atoms with Crippen LogP contribution in [0, 0.1) is 11.8 Å². The Labute approximate surface area is 367 Å². The van der Waals surface area contributed by atoms with Crippen molar-refractivity contribution in [3.8, 4) is 0 Å². The second-order valence-corrected chi connectivity index (χ2v) is 13.3. The SMILES string of the molecule is C.C.C.C.C.C.CC(=O)C1CC1.CCCCC(C)=O.CCc1ccccc1.CCc1ccccc1.O=C(O)Cc1ccc(C(=O)C2CC2)cc1.O=C(O)Cc1ccccc1. The predicted molar refractivity (Wildman–Crippen MR) is 258 cm³/mol. The second-order valence-electron chi connectivity index (χ2n) is 13.3. The van der Waals surface area contributed by atoms with Crippen molar-refractivity contribution in [2.75, 3.05) is 0 Å². The van der Waals surface area contributed by atoms with Crippen LogP contribution in [0.2, 0.25) is 0 Å². The molecule has 0 atom stereocenters. The molecule has 338 valence electrons. The average Bonchev–Trinajstić information content (AvgIpc) is 4.10. The van der Waals surface area contributed by atoms with Crippen molar-refractivity contribution in [1.82, 2.24) is 0 Å². The molecule has 0 spiro atoms. The molecule has 0 aromatic heterocycles. The number of ketones is 3. The largest absolute Gasteiger partial charge is 0.481 e. The third-order valence-electron chi connectivity index (χ3n) is 8.28. The van der Waals surface area contributed by atoms with Crippen LogP contribution in [0.5, 0.6) is 0 Å². The topological polar surface area (TPSA) is 126 Å². The van der Waals surface area contributed by atoms with Gasteiger partial charge in [0, 0.05) is 23.8 Å². The number of hydrogen-bond acceptors (Lipinski definition) is 5. The third kappa shape index (κ3) is 36.0. The van der Waals surface area contributed by atoms with Gasteiger partial charge in [-0.15, -0.1) is 0 Å². The van der Waals surface area contributed by atoms with Gasteiger partial charge in [-0.2, -0.15) is 0 Å². The first-order valence-corrected chi connectivity index (χ1v) is 19.1. The molecule has 0 radical (unpaired) electrons. The summed E-state index contributed by atoms with van der Waals surface area (Å²) in [6.07, 6.45) is 9.63. The maximum atomic E-state index is 11.6. The van der Waals surface area contributed by atoms with Gasteiger partial charge in [-0.3, -0.25) is 19.2 Å². The van der Waals surface area contributed by atoms with Crippen molar-refractivity contribution in [3.63, 3.8) is 0 Å². The monoisotopic (exact) mass is 833 g/mol. The van der Waals surface area contributed by atoms with E-state index < -0.39 is 11.9 Å². The molecular formula is C53H84O7. The van der Waals surface area contributed by atoms with Crippen LogP contribution in [-0.4, -0.2) is 39.5 Å². The molecule has 2 N–H and O–H groups in total. The first-order valence-electron chi connectivity index (χ1n) is 19.1. The fourth-order valence-electron chi connectivity index (χ4n) is 4.66. The van der Waals surface area contributed by atoms with Crippen LogP contribution in [-0.2, 0) is 44.9 Å². The number of unbranched alkanes of at least 4 members (excludes halogenated alkanes) is 1. The summed E-state index contributed by atoms with van der Waals surface area (Å²) in [5, 5.41) is 16.9. The van der Waals surface area contributed by atoms with Crippen LogP contribution in [0.1, 0.15) is 157 Å². The lowest BCUT2D eigenvalue weighted by atomic mass is 10.0. The zero-order chi connectivity index (χ0) is 40.1. The fraction of sp³-hybridized carbons (Fsp3) is 0.453. The van der Waals surface area contributed by atoms with Gasteiger partial charge in [0.25, 0.3) is 0 Å². The number of aliphatic carboxylic acids is 2. The Hall–Kier alpha value is -5.17. The van der Waals surface area contributed by atoms with Crippen LogP contribution in [0.15, 0.2) is 115 Å². The Morgan fingerprint density at radius 2 is 0.817 bits per heavy atom. The minimum atomic E-state index is -0.851. The van der Waals surface area contributed by atoms with E-state index in [1.54, 1.807) is 50.2 Å². The number of rotatable bonds is 12. The minimum Gasteiger partial charge on any atom is -0.481 e. The van der Waals surface area contributed by atoms with Crippen LogP contribution in [0.3, 0.4) is 0 Å². The number of Topliss-reactive ketones (excluding diaryl/α,β-unsaturated/α-hetero) is 3. The summed E-state index contributed by atoms with van der Waals surface area (Å²) in [4.78, 5) is 52.6. The molecule has 2 fully saturated rings. The van der Waals surface area contributed by atoms with E-state index in [9.17, 15) is 24.0 Å². The zero-order valence-corrected chi connectivity index (χ0v) is 32.8. The number of carbonyl (C=O) groups is 5. The normalized spacial score (nSPS) is 10.8. The molecule has 7 heteroatoms. The minimum absolute atomic E-state index is 0.